The van der Waals surface area contributed by atoms with Gasteiger partial charge in [0.25, 0.3) is 0 Å². The van der Waals surface area contributed by atoms with Gasteiger partial charge < -0.3 is 52.8 Å². The van der Waals surface area contributed by atoms with Crippen LogP contribution in [-0.2, 0) is 82.3 Å². The molecule has 0 radical (unpaired) electrons. The molecule has 6 aromatic carbocycles. The number of aliphatic hydroxyl groups excluding tert-OH is 2. The molecule has 2 aliphatic heterocycles. The van der Waals surface area contributed by atoms with Crippen LogP contribution in [0.4, 0.5) is 0 Å². The molecule has 0 spiro atoms. The number of hydrogen-bond donors (Lipinski definition) is 2. The Morgan fingerprint density at radius 2 is 0.712 bits per heavy atom. The van der Waals surface area contributed by atoms with E-state index in [2.05, 4.69) is 0 Å². The molecule has 0 aliphatic carbocycles. The van der Waals surface area contributed by atoms with E-state index in [0.717, 1.165) is 33.4 Å². The number of benzene rings is 6. The van der Waals surface area contributed by atoms with Gasteiger partial charge in [0.15, 0.2) is 12.6 Å². The van der Waals surface area contributed by atoms with Crippen molar-refractivity contribution in [3.8, 4) is 0 Å². The summed E-state index contributed by atoms with van der Waals surface area (Å²) in [5, 5.41) is 23.1. The van der Waals surface area contributed by atoms with Gasteiger partial charge in [-0.1, -0.05) is 182 Å². The van der Waals surface area contributed by atoms with Crippen LogP contribution >= 0.6 is 0 Å². The van der Waals surface area contributed by atoms with Crippen LogP contribution in [0.25, 0.3) is 0 Å². The van der Waals surface area contributed by atoms with Crippen LogP contribution in [0, 0.1) is 5.92 Å². The summed E-state index contributed by atoms with van der Waals surface area (Å²) in [4.78, 5) is 0. The van der Waals surface area contributed by atoms with Crippen LogP contribution in [0.5, 0.6) is 0 Å². The number of hydrogen-bond acceptors (Lipinski definition) is 11. The Labute approximate surface area is 387 Å². The van der Waals surface area contributed by atoms with Crippen molar-refractivity contribution < 1.29 is 52.8 Å². The summed E-state index contributed by atoms with van der Waals surface area (Å²) in [6.07, 6.45) is -8.58. The molecule has 11 heteroatoms. The van der Waals surface area contributed by atoms with E-state index in [1.807, 2.05) is 182 Å². The lowest BCUT2D eigenvalue weighted by atomic mass is 9.89. The van der Waals surface area contributed by atoms with E-state index < -0.39 is 61.2 Å². The van der Waals surface area contributed by atoms with Crippen molar-refractivity contribution >= 4 is 0 Å². The Bertz CT molecular complexity index is 2220. The summed E-state index contributed by atoms with van der Waals surface area (Å²) in [6, 6.07) is 59.0. The highest BCUT2D eigenvalue weighted by atomic mass is 16.7. The van der Waals surface area contributed by atoms with Crippen LogP contribution in [0.2, 0.25) is 0 Å². The van der Waals surface area contributed by atoms with E-state index in [0.29, 0.717) is 13.2 Å². The maximum atomic E-state index is 11.8. The van der Waals surface area contributed by atoms with Crippen molar-refractivity contribution in [2.45, 2.75) is 94.9 Å². The molecule has 2 aliphatic rings. The molecular weight excluding hydrogens is 837 g/mol. The zero-order valence-electron chi connectivity index (χ0n) is 37.0. The lowest BCUT2D eigenvalue weighted by Crippen LogP contribution is -2.65. The smallest absolute Gasteiger partial charge is 0.187 e. The molecule has 0 saturated carbocycles. The first-order valence-corrected chi connectivity index (χ1v) is 22.7. The molecule has 0 aromatic heterocycles. The molecule has 0 unspecified atom stereocenters. The van der Waals surface area contributed by atoms with Gasteiger partial charge in [-0.05, 0) is 33.4 Å². The van der Waals surface area contributed by atoms with E-state index in [1.165, 1.54) is 0 Å². The monoisotopic (exact) mass is 896 g/mol. The van der Waals surface area contributed by atoms with Crippen molar-refractivity contribution in [3.63, 3.8) is 0 Å². The fourth-order valence-corrected chi connectivity index (χ4v) is 8.36. The van der Waals surface area contributed by atoms with Crippen LogP contribution in [0.1, 0.15) is 33.4 Å². The minimum atomic E-state index is -1.41. The van der Waals surface area contributed by atoms with Gasteiger partial charge in [0, 0.05) is 5.92 Å². The number of aliphatic hydroxyl groups is 2. The van der Waals surface area contributed by atoms with Gasteiger partial charge >= 0.3 is 0 Å². The SMILES string of the molecule is OC[C@H]1[C@H](OCc2ccccc2)[C@@H](OCc2ccccc2)[C@H](O[C@H]2[C@H](OCc3ccccc3)[C@@H](OCc3ccccc3)[C@@H](O)O[C@@H]2COCc2ccccc2)O[C@@H]1COCc1ccccc1. The zero-order chi connectivity index (χ0) is 45.2. The Morgan fingerprint density at radius 1 is 0.364 bits per heavy atom. The second-order valence-corrected chi connectivity index (χ2v) is 16.6. The third-order valence-electron chi connectivity index (χ3n) is 11.8. The largest absolute Gasteiger partial charge is 0.396 e. The van der Waals surface area contributed by atoms with Gasteiger partial charge in [-0.15, -0.1) is 0 Å². The molecule has 2 saturated heterocycles. The summed E-state index contributed by atoms with van der Waals surface area (Å²) in [5.74, 6) is -0.577. The normalized spacial score (nSPS) is 25.4. The second-order valence-electron chi connectivity index (χ2n) is 16.6. The van der Waals surface area contributed by atoms with Gasteiger partial charge in [-0.3, -0.25) is 0 Å². The molecule has 0 amide bonds. The molecular formula is C55H60O11. The lowest BCUT2D eigenvalue weighted by molar-refractivity contribution is -0.369. The first-order valence-electron chi connectivity index (χ1n) is 22.7. The number of ether oxygens (including phenoxy) is 9. The molecule has 2 N–H and O–H groups in total. The molecule has 2 heterocycles. The summed E-state index contributed by atoms with van der Waals surface area (Å²) < 4.78 is 60.4. The second kappa shape index (κ2) is 25.1. The van der Waals surface area contributed by atoms with Gasteiger partial charge in [0.1, 0.15) is 30.5 Å². The third kappa shape index (κ3) is 13.5. The highest BCUT2D eigenvalue weighted by Crippen LogP contribution is 2.37. The Hall–Kier alpha value is -5.12. The van der Waals surface area contributed by atoms with E-state index in [-0.39, 0.29) is 46.2 Å². The van der Waals surface area contributed by atoms with Gasteiger partial charge in [-0.2, -0.15) is 0 Å². The molecule has 10 atom stereocenters. The summed E-state index contributed by atoms with van der Waals surface area (Å²) >= 11 is 0. The van der Waals surface area contributed by atoms with Crippen molar-refractivity contribution in [1.29, 1.82) is 0 Å². The van der Waals surface area contributed by atoms with Crippen LogP contribution in [0.15, 0.2) is 182 Å². The van der Waals surface area contributed by atoms with Gasteiger partial charge in [0.05, 0.1) is 71.7 Å². The first kappa shape index (κ1) is 47.4. The van der Waals surface area contributed by atoms with Gasteiger partial charge in [-0.25, -0.2) is 0 Å². The minimum absolute atomic E-state index is 0.0340. The fraction of sp³-hybridized carbons (Fsp3) is 0.345. The predicted molar refractivity (Wildman–Crippen MR) is 247 cm³/mol. The lowest BCUT2D eigenvalue weighted by Gasteiger charge is -2.49. The summed E-state index contributed by atoms with van der Waals surface area (Å²) in [6.45, 7) is 1.31. The van der Waals surface area contributed by atoms with E-state index in [9.17, 15) is 10.2 Å². The Kier molecular flexibility index (Phi) is 18.0. The molecule has 346 valence electrons. The fourth-order valence-electron chi connectivity index (χ4n) is 8.36. The molecule has 0 bridgehead atoms. The van der Waals surface area contributed by atoms with Crippen molar-refractivity contribution in [1.82, 2.24) is 0 Å². The first-order chi connectivity index (χ1) is 32.6. The zero-order valence-corrected chi connectivity index (χ0v) is 37.0. The van der Waals surface area contributed by atoms with E-state index >= 15 is 0 Å². The highest BCUT2D eigenvalue weighted by molar-refractivity contribution is 5.18. The summed E-state index contributed by atoms with van der Waals surface area (Å²) in [5.41, 5.74) is 5.69. The topological polar surface area (TPSA) is 124 Å². The van der Waals surface area contributed by atoms with Crippen LogP contribution < -0.4 is 0 Å². The van der Waals surface area contributed by atoms with Crippen molar-refractivity contribution in [2.75, 3.05) is 19.8 Å². The molecule has 2 fully saturated rings. The maximum absolute atomic E-state index is 11.8. The molecule has 66 heavy (non-hydrogen) atoms. The maximum Gasteiger partial charge on any atom is 0.187 e. The third-order valence-corrected chi connectivity index (χ3v) is 11.8. The van der Waals surface area contributed by atoms with Crippen molar-refractivity contribution in [3.05, 3.63) is 215 Å². The van der Waals surface area contributed by atoms with Crippen molar-refractivity contribution in [2.24, 2.45) is 5.92 Å². The number of rotatable bonds is 23. The quantitative estimate of drug-likeness (QED) is 0.0648. The Morgan fingerprint density at radius 3 is 1.12 bits per heavy atom. The standard InChI is InChI=1S/C55H60O11/c56-31-46-47(38-58-32-40-19-7-1-8-20-40)65-55(53(63-37-45-29-17-6-18-30-45)49(46)60-34-42-23-11-3-12-24-42)66-50-48(39-59-33-41-21-9-2-10-22-41)64-54(57)52(62-36-44-27-15-5-16-28-44)51(50)61-35-43-25-13-4-14-26-43/h1-30,46-57H,31-39H2/t46-,47-,48-,49+,50-,51+,52-,53-,54+,55+/m1/s1. The van der Waals surface area contributed by atoms with Gasteiger partial charge in [0.2, 0.25) is 0 Å². The predicted octanol–water partition coefficient (Wildman–Crippen LogP) is 8.20. The molecule has 6 aromatic rings. The van der Waals surface area contributed by atoms with E-state index in [1.54, 1.807) is 0 Å². The summed E-state index contributed by atoms with van der Waals surface area (Å²) in [7, 11) is 0. The minimum Gasteiger partial charge on any atom is -0.396 e. The van der Waals surface area contributed by atoms with Crippen LogP contribution in [0.3, 0.4) is 0 Å². The molecule has 11 nitrogen and oxygen atoms in total. The highest BCUT2D eigenvalue weighted by Gasteiger charge is 2.53. The molecule has 8 rings (SSSR count). The average molecular weight is 897 g/mol. The van der Waals surface area contributed by atoms with E-state index in [4.69, 9.17) is 42.6 Å². The van der Waals surface area contributed by atoms with Crippen LogP contribution in [-0.4, -0.2) is 85.3 Å². The average Bonchev–Trinajstić information content (AvgIpc) is 3.37. The Balaban J connectivity index is 1.15.